The van der Waals surface area contributed by atoms with Crippen molar-refractivity contribution in [2.24, 2.45) is 16.2 Å². The Hall–Kier alpha value is -1.88. The van der Waals surface area contributed by atoms with E-state index in [1.165, 1.54) is 12.1 Å². The molecule has 1 aromatic carbocycles. The van der Waals surface area contributed by atoms with Gasteiger partial charge in [-0.15, -0.1) is 0 Å². The maximum Gasteiger partial charge on any atom is 0.339 e. The van der Waals surface area contributed by atoms with Crippen LogP contribution >= 0.6 is 0 Å². The van der Waals surface area contributed by atoms with Crippen LogP contribution in [0.5, 0.6) is 0 Å². The number of carboxylic acids is 1. The lowest BCUT2D eigenvalue weighted by Crippen LogP contribution is -2.46. The number of hydrogen-bond donors (Lipinski definition) is 1. The van der Waals surface area contributed by atoms with E-state index < -0.39 is 11.9 Å². The molecule has 0 aromatic heterocycles. The first kappa shape index (κ1) is 25.2. The van der Waals surface area contributed by atoms with Gasteiger partial charge in [0, 0.05) is 0 Å². The van der Waals surface area contributed by atoms with Crippen molar-refractivity contribution in [3.8, 4) is 0 Å². The van der Waals surface area contributed by atoms with E-state index in [9.17, 15) is 14.7 Å². The summed E-state index contributed by atoms with van der Waals surface area (Å²) in [5.74, 6) is -1.80. The lowest BCUT2D eigenvalue weighted by molar-refractivity contribution is -0.103. The van der Waals surface area contributed by atoms with Crippen molar-refractivity contribution in [2.45, 2.75) is 74.3 Å². The van der Waals surface area contributed by atoms with Gasteiger partial charge in [0.25, 0.3) is 0 Å². The molecule has 1 aromatic rings. The van der Waals surface area contributed by atoms with Gasteiger partial charge in [0.1, 0.15) is 6.61 Å². The second-order valence-corrected chi connectivity index (χ2v) is 9.86. The predicted molar refractivity (Wildman–Crippen MR) is 115 cm³/mol. The van der Waals surface area contributed by atoms with Crippen LogP contribution in [0.15, 0.2) is 24.3 Å². The largest absolute Gasteiger partial charge is 0.478 e. The molecular weight excluding hydrogens is 368 g/mol. The smallest absolute Gasteiger partial charge is 0.339 e. The van der Waals surface area contributed by atoms with E-state index in [4.69, 9.17) is 9.47 Å². The van der Waals surface area contributed by atoms with Crippen molar-refractivity contribution >= 4 is 11.9 Å². The summed E-state index contributed by atoms with van der Waals surface area (Å²) in [6, 6.07) is 6.04. The zero-order chi connectivity index (χ0) is 22.5. The third-order valence-electron chi connectivity index (χ3n) is 6.48. The summed E-state index contributed by atoms with van der Waals surface area (Å²) >= 11 is 0. The summed E-state index contributed by atoms with van der Waals surface area (Å²) < 4.78 is 11.4. The molecular formula is C24H38O5. The molecule has 0 aliphatic heterocycles. The van der Waals surface area contributed by atoms with Gasteiger partial charge in [0.2, 0.25) is 0 Å². The molecule has 0 aliphatic rings. The minimum absolute atomic E-state index is 0.0293. The van der Waals surface area contributed by atoms with Gasteiger partial charge in [-0.3, -0.25) is 0 Å². The van der Waals surface area contributed by atoms with Gasteiger partial charge >= 0.3 is 11.9 Å². The van der Waals surface area contributed by atoms with Crippen molar-refractivity contribution in [1.29, 1.82) is 0 Å². The third kappa shape index (κ3) is 6.56. The number of ether oxygens (including phenoxy) is 2. The minimum Gasteiger partial charge on any atom is -0.478 e. The second kappa shape index (κ2) is 9.75. The van der Waals surface area contributed by atoms with Crippen LogP contribution in [-0.2, 0) is 9.47 Å². The van der Waals surface area contributed by atoms with Crippen LogP contribution < -0.4 is 0 Å². The van der Waals surface area contributed by atoms with Crippen molar-refractivity contribution in [3.63, 3.8) is 0 Å². The van der Waals surface area contributed by atoms with E-state index in [0.29, 0.717) is 0 Å². The fraction of sp³-hybridized carbons (Fsp3) is 0.667. The van der Waals surface area contributed by atoms with E-state index in [-0.39, 0.29) is 46.7 Å². The molecule has 0 bridgehead atoms. The van der Waals surface area contributed by atoms with Crippen LogP contribution in [-0.4, -0.2) is 36.4 Å². The van der Waals surface area contributed by atoms with Crippen LogP contribution in [0.3, 0.4) is 0 Å². The monoisotopic (exact) mass is 406 g/mol. The maximum absolute atomic E-state index is 12.3. The van der Waals surface area contributed by atoms with Gasteiger partial charge in [0.05, 0.1) is 23.8 Å². The highest BCUT2D eigenvalue weighted by atomic mass is 16.6. The first-order valence-corrected chi connectivity index (χ1v) is 10.4. The highest BCUT2D eigenvalue weighted by Crippen LogP contribution is 2.50. The zero-order valence-electron chi connectivity index (χ0n) is 19.3. The molecule has 0 saturated heterocycles. The fourth-order valence-corrected chi connectivity index (χ4v) is 3.61. The number of hydrogen-bond acceptors (Lipinski definition) is 4. The summed E-state index contributed by atoms with van der Waals surface area (Å²) in [6.45, 7) is 18.2. The summed E-state index contributed by atoms with van der Waals surface area (Å²) in [4.78, 5) is 23.5. The SMILES string of the molecule is CCC(C)(C)CC(C)(C(C)OCCOC(=O)c1ccccc1C(=O)O)C(C)(C)C. The standard InChI is InChI=1S/C24H38O5/c1-9-23(6,7)16-24(8,22(3,4)5)17(2)28-14-15-29-21(27)19-13-11-10-12-18(19)20(25)26/h10-13,17H,9,14-16H2,1-8H3,(H,25,26). The van der Waals surface area contributed by atoms with Gasteiger partial charge in [0.15, 0.2) is 0 Å². The van der Waals surface area contributed by atoms with Crippen LogP contribution in [0.2, 0.25) is 0 Å². The predicted octanol–water partition coefficient (Wildman–Crippen LogP) is 5.83. The summed E-state index contributed by atoms with van der Waals surface area (Å²) in [5.41, 5.74) is 0.167. The normalized spacial score (nSPS) is 15.4. The number of carboxylic acid groups (broad SMARTS) is 1. The van der Waals surface area contributed by atoms with Gasteiger partial charge in [-0.2, -0.15) is 0 Å². The Bertz CT molecular complexity index is 701. The molecule has 2 atom stereocenters. The first-order chi connectivity index (χ1) is 13.2. The summed E-state index contributed by atoms with van der Waals surface area (Å²) in [6.07, 6.45) is 2.08. The molecule has 0 fully saturated rings. The minimum atomic E-state index is -1.15. The molecule has 5 nitrogen and oxygen atoms in total. The fourth-order valence-electron chi connectivity index (χ4n) is 3.61. The average Bonchev–Trinajstić information content (AvgIpc) is 2.63. The Kier molecular flexibility index (Phi) is 8.46. The van der Waals surface area contributed by atoms with Crippen LogP contribution in [0.1, 0.15) is 88.9 Å². The molecule has 0 saturated carbocycles. The quantitative estimate of drug-likeness (QED) is 0.391. The Morgan fingerprint density at radius 2 is 1.55 bits per heavy atom. The third-order valence-corrected chi connectivity index (χ3v) is 6.48. The van der Waals surface area contributed by atoms with Gasteiger partial charge in [-0.1, -0.05) is 67.0 Å². The van der Waals surface area contributed by atoms with E-state index in [1.807, 2.05) is 0 Å². The summed E-state index contributed by atoms with van der Waals surface area (Å²) in [5, 5.41) is 9.21. The lowest BCUT2D eigenvalue weighted by atomic mass is 9.58. The van der Waals surface area contributed by atoms with Gasteiger partial charge in [-0.25, -0.2) is 9.59 Å². The van der Waals surface area contributed by atoms with Gasteiger partial charge < -0.3 is 14.6 Å². The molecule has 0 spiro atoms. The average molecular weight is 407 g/mol. The second-order valence-electron chi connectivity index (χ2n) is 9.86. The molecule has 0 aliphatic carbocycles. The van der Waals surface area contributed by atoms with Crippen LogP contribution in [0, 0.1) is 16.2 Å². The molecule has 29 heavy (non-hydrogen) atoms. The molecule has 164 valence electrons. The van der Waals surface area contributed by atoms with Crippen molar-refractivity contribution in [3.05, 3.63) is 35.4 Å². The Balaban J connectivity index is 2.72. The molecule has 0 radical (unpaired) electrons. The molecule has 1 rings (SSSR count). The highest BCUT2D eigenvalue weighted by molar-refractivity contribution is 6.02. The molecule has 0 heterocycles. The molecule has 5 heteroatoms. The van der Waals surface area contributed by atoms with Gasteiger partial charge in [-0.05, 0) is 41.7 Å². The topological polar surface area (TPSA) is 72.8 Å². The Morgan fingerprint density at radius 1 is 1.00 bits per heavy atom. The molecule has 0 amide bonds. The van der Waals surface area contributed by atoms with Crippen LogP contribution in [0.4, 0.5) is 0 Å². The van der Waals surface area contributed by atoms with E-state index in [1.54, 1.807) is 12.1 Å². The number of rotatable bonds is 10. The maximum atomic E-state index is 12.3. The number of carbonyl (C=O) groups is 2. The molecule has 1 N–H and O–H groups in total. The number of benzene rings is 1. The number of aromatic carboxylic acids is 1. The Labute approximate surface area is 175 Å². The Morgan fingerprint density at radius 3 is 2.03 bits per heavy atom. The molecule has 2 unspecified atom stereocenters. The zero-order valence-corrected chi connectivity index (χ0v) is 19.3. The number of carbonyl (C=O) groups excluding carboxylic acids is 1. The lowest BCUT2D eigenvalue weighted by Gasteiger charge is -2.50. The van der Waals surface area contributed by atoms with E-state index >= 15 is 0 Å². The number of esters is 1. The van der Waals surface area contributed by atoms with Crippen molar-refractivity contribution in [2.75, 3.05) is 13.2 Å². The highest BCUT2D eigenvalue weighted by Gasteiger charge is 2.45. The van der Waals surface area contributed by atoms with Crippen LogP contribution in [0.25, 0.3) is 0 Å². The van der Waals surface area contributed by atoms with Crippen molar-refractivity contribution in [1.82, 2.24) is 0 Å². The van der Waals surface area contributed by atoms with Crippen molar-refractivity contribution < 1.29 is 24.2 Å². The van der Waals surface area contributed by atoms with E-state index in [2.05, 4.69) is 55.4 Å². The van der Waals surface area contributed by atoms with E-state index in [0.717, 1.165) is 12.8 Å². The first-order valence-electron chi connectivity index (χ1n) is 10.4. The summed E-state index contributed by atoms with van der Waals surface area (Å²) in [7, 11) is 0.